The third kappa shape index (κ3) is 2.36. The monoisotopic (exact) mass is 286 g/mol. The number of halogens is 1. The van der Waals surface area contributed by atoms with E-state index in [0.717, 1.165) is 19.7 Å². The summed E-state index contributed by atoms with van der Waals surface area (Å²) in [4.78, 5) is 4.48. The Bertz CT molecular complexity index is 471. The Hall–Kier alpha value is -0.490. The predicted octanol–water partition coefficient (Wildman–Crippen LogP) is 2.71. The van der Waals surface area contributed by atoms with E-state index in [2.05, 4.69) is 20.9 Å². The van der Waals surface area contributed by atoms with E-state index in [1.54, 1.807) is 18.4 Å². The number of nitrogens with two attached hydrogens (primary N) is 1. The summed E-state index contributed by atoms with van der Waals surface area (Å²) >= 11 is 5.04. The van der Waals surface area contributed by atoms with Crippen molar-refractivity contribution in [2.24, 2.45) is 5.73 Å². The Labute approximate surface area is 100 Å². The van der Waals surface area contributed by atoms with Crippen molar-refractivity contribution in [2.45, 2.75) is 6.04 Å². The number of nitrogens with zero attached hydrogens (tertiary/aromatic N) is 1. The number of hydrogen-bond donors (Lipinski definition) is 1. The normalized spacial score (nSPS) is 13.3. The number of benzene rings is 1. The fraction of sp³-hybridized carbons (Fsp3) is 0.300. The molecule has 2 N–H and O–H groups in total. The maximum Gasteiger partial charge on any atom is 0.113 e. The van der Waals surface area contributed by atoms with E-state index in [1.165, 1.54) is 0 Å². The number of methoxy groups -OCH3 is 1. The average molecular weight is 287 g/mol. The van der Waals surface area contributed by atoms with Gasteiger partial charge in [0.1, 0.15) is 5.01 Å². The number of thiazole rings is 1. The molecule has 0 saturated heterocycles. The summed E-state index contributed by atoms with van der Waals surface area (Å²) in [5.74, 6) is 0. The highest BCUT2D eigenvalue weighted by molar-refractivity contribution is 9.10. The number of aromatic nitrogens is 1. The molecule has 80 valence electrons. The first kappa shape index (κ1) is 11.0. The quantitative estimate of drug-likeness (QED) is 0.944. The molecule has 0 aliphatic rings. The Morgan fingerprint density at radius 2 is 2.40 bits per heavy atom. The van der Waals surface area contributed by atoms with Crippen molar-refractivity contribution in [1.29, 1.82) is 0 Å². The van der Waals surface area contributed by atoms with Crippen LogP contribution in [0.2, 0.25) is 0 Å². The molecule has 0 bridgehead atoms. The lowest BCUT2D eigenvalue weighted by Gasteiger charge is -2.04. The summed E-state index contributed by atoms with van der Waals surface area (Å²) in [6.07, 6.45) is 0. The molecular weight excluding hydrogens is 276 g/mol. The zero-order valence-electron chi connectivity index (χ0n) is 8.24. The first-order valence-electron chi connectivity index (χ1n) is 4.51. The van der Waals surface area contributed by atoms with Crippen LogP contribution >= 0.6 is 27.3 Å². The highest BCUT2D eigenvalue weighted by atomic mass is 79.9. The van der Waals surface area contributed by atoms with Crippen LogP contribution in [0.1, 0.15) is 11.0 Å². The summed E-state index contributed by atoms with van der Waals surface area (Å²) in [5.41, 5.74) is 6.90. The second-order valence-electron chi connectivity index (χ2n) is 3.23. The van der Waals surface area contributed by atoms with Crippen LogP contribution in [-0.2, 0) is 4.74 Å². The van der Waals surface area contributed by atoms with Gasteiger partial charge in [0.2, 0.25) is 0 Å². The highest BCUT2D eigenvalue weighted by Gasteiger charge is 2.11. The van der Waals surface area contributed by atoms with Crippen LogP contribution in [0.5, 0.6) is 0 Å². The van der Waals surface area contributed by atoms with Gasteiger partial charge < -0.3 is 10.5 Å². The molecule has 0 radical (unpaired) electrons. The van der Waals surface area contributed by atoms with E-state index in [0.29, 0.717) is 6.61 Å². The van der Waals surface area contributed by atoms with Crippen LogP contribution in [0.15, 0.2) is 22.7 Å². The predicted molar refractivity (Wildman–Crippen MR) is 66.1 cm³/mol. The van der Waals surface area contributed by atoms with Gasteiger partial charge in [0, 0.05) is 11.6 Å². The van der Waals surface area contributed by atoms with Crippen LogP contribution < -0.4 is 5.73 Å². The largest absolute Gasteiger partial charge is 0.383 e. The zero-order chi connectivity index (χ0) is 10.8. The lowest BCUT2D eigenvalue weighted by atomic mass is 10.3. The maximum atomic E-state index is 5.92. The molecule has 5 heteroatoms. The smallest absolute Gasteiger partial charge is 0.113 e. The number of rotatable bonds is 3. The van der Waals surface area contributed by atoms with Crippen molar-refractivity contribution >= 4 is 37.5 Å². The molecule has 0 aliphatic heterocycles. The van der Waals surface area contributed by atoms with E-state index >= 15 is 0 Å². The van der Waals surface area contributed by atoms with Gasteiger partial charge in [-0.15, -0.1) is 11.3 Å². The maximum absolute atomic E-state index is 5.92. The Balaban J connectivity index is 2.38. The lowest BCUT2D eigenvalue weighted by molar-refractivity contribution is 0.181. The second-order valence-corrected chi connectivity index (χ2v) is 5.20. The summed E-state index contributed by atoms with van der Waals surface area (Å²) in [5, 5.41) is 0.921. The summed E-state index contributed by atoms with van der Waals surface area (Å²) in [6, 6.07) is 5.91. The summed E-state index contributed by atoms with van der Waals surface area (Å²) < 4.78 is 7.20. The van der Waals surface area contributed by atoms with Gasteiger partial charge in [-0.25, -0.2) is 4.98 Å². The molecule has 0 spiro atoms. The number of ether oxygens (including phenoxy) is 1. The second kappa shape index (κ2) is 4.57. The van der Waals surface area contributed by atoms with Gasteiger partial charge in [-0.3, -0.25) is 0 Å². The standard InChI is InChI=1S/C10H11BrN2OS/c1-14-5-7(12)10-13-8-4-6(11)2-3-9(8)15-10/h2-4,7H,5,12H2,1H3. The van der Waals surface area contributed by atoms with Gasteiger partial charge >= 0.3 is 0 Å². The van der Waals surface area contributed by atoms with Crippen LogP contribution in [0, 0.1) is 0 Å². The number of hydrogen-bond acceptors (Lipinski definition) is 4. The van der Waals surface area contributed by atoms with Crippen LogP contribution in [0.3, 0.4) is 0 Å². The van der Waals surface area contributed by atoms with Gasteiger partial charge in [-0.1, -0.05) is 15.9 Å². The first-order valence-corrected chi connectivity index (χ1v) is 6.12. The lowest BCUT2D eigenvalue weighted by Crippen LogP contribution is -2.15. The molecule has 1 aromatic carbocycles. The van der Waals surface area contributed by atoms with Gasteiger partial charge in [0.05, 0.1) is 22.9 Å². The van der Waals surface area contributed by atoms with E-state index < -0.39 is 0 Å². The van der Waals surface area contributed by atoms with Crippen molar-refractivity contribution in [3.8, 4) is 0 Å². The Kier molecular flexibility index (Phi) is 3.35. The van der Waals surface area contributed by atoms with E-state index in [4.69, 9.17) is 10.5 Å². The molecule has 2 aromatic rings. The molecule has 1 heterocycles. The first-order chi connectivity index (χ1) is 7.20. The molecule has 1 aromatic heterocycles. The molecule has 3 nitrogen and oxygen atoms in total. The fourth-order valence-corrected chi connectivity index (χ4v) is 2.61. The van der Waals surface area contributed by atoms with Crippen LogP contribution in [-0.4, -0.2) is 18.7 Å². The van der Waals surface area contributed by atoms with Crippen molar-refractivity contribution in [2.75, 3.05) is 13.7 Å². The van der Waals surface area contributed by atoms with Crippen LogP contribution in [0.4, 0.5) is 0 Å². The molecule has 0 fully saturated rings. The van der Waals surface area contributed by atoms with Crippen molar-refractivity contribution in [1.82, 2.24) is 4.98 Å². The van der Waals surface area contributed by atoms with E-state index in [9.17, 15) is 0 Å². The third-order valence-corrected chi connectivity index (χ3v) is 3.69. The van der Waals surface area contributed by atoms with Gasteiger partial charge in [0.25, 0.3) is 0 Å². The van der Waals surface area contributed by atoms with E-state index in [-0.39, 0.29) is 6.04 Å². The molecule has 1 atom stereocenters. The fourth-order valence-electron chi connectivity index (χ4n) is 1.33. The summed E-state index contributed by atoms with van der Waals surface area (Å²) in [6.45, 7) is 0.501. The van der Waals surface area contributed by atoms with Gasteiger partial charge in [-0.05, 0) is 18.2 Å². The molecular formula is C10H11BrN2OS. The molecule has 0 amide bonds. The third-order valence-electron chi connectivity index (χ3n) is 2.03. The molecule has 2 rings (SSSR count). The van der Waals surface area contributed by atoms with Crippen LogP contribution in [0.25, 0.3) is 10.2 Å². The minimum Gasteiger partial charge on any atom is -0.383 e. The van der Waals surface area contributed by atoms with Gasteiger partial charge in [0.15, 0.2) is 0 Å². The molecule has 1 unspecified atom stereocenters. The minimum absolute atomic E-state index is 0.133. The van der Waals surface area contributed by atoms with Crippen molar-refractivity contribution in [3.63, 3.8) is 0 Å². The minimum atomic E-state index is -0.133. The van der Waals surface area contributed by atoms with Crippen molar-refractivity contribution < 1.29 is 4.74 Å². The highest BCUT2D eigenvalue weighted by Crippen LogP contribution is 2.27. The molecule has 15 heavy (non-hydrogen) atoms. The van der Waals surface area contributed by atoms with Crippen molar-refractivity contribution in [3.05, 3.63) is 27.7 Å². The number of fused-ring (bicyclic) bond motifs is 1. The molecule has 0 aliphatic carbocycles. The Morgan fingerprint density at radius 1 is 1.60 bits per heavy atom. The Morgan fingerprint density at radius 3 is 3.13 bits per heavy atom. The SMILES string of the molecule is COCC(N)c1nc2cc(Br)ccc2s1. The summed E-state index contributed by atoms with van der Waals surface area (Å²) in [7, 11) is 1.64. The average Bonchev–Trinajstić information content (AvgIpc) is 2.60. The van der Waals surface area contributed by atoms with Gasteiger partial charge in [-0.2, -0.15) is 0 Å². The van der Waals surface area contributed by atoms with E-state index in [1.807, 2.05) is 18.2 Å². The zero-order valence-corrected chi connectivity index (χ0v) is 10.6. The molecule has 0 saturated carbocycles. The topological polar surface area (TPSA) is 48.1 Å².